The Kier molecular flexibility index (Phi) is 4.86. The van der Waals surface area contributed by atoms with Crippen LogP contribution < -0.4 is 5.32 Å². The van der Waals surface area contributed by atoms with Gasteiger partial charge in [0.15, 0.2) is 5.82 Å². The second-order valence-corrected chi connectivity index (χ2v) is 4.48. The van der Waals surface area contributed by atoms with Gasteiger partial charge in [0.25, 0.3) is 0 Å². The number of nitrogens with one attached hydrogen (secondary N) is 1. The van der Waals surface area contributed by atoms with Crippen molar-refractivity contribution in [3.63, 3.8) is 0 Å². The summed E-state index contributed by atoms with van der Waals surface area (Å²) < 4.78 is 1.97. The molecule has 1 N–H and O–H groups in total. The van der Waals surface area contributed by atoms with Crippen LogP contribution in [0.5, 0.6) is 0 Å². The Morgan fingerprint density at radius 1 is 1.25 bits per heavy atom. The van der Waals surface area contributed by atoms with Crippen molar-refractivity contribution in [3.05, 3.63) is 5.82 Å². The molecule has 5 nitrogen and oxygen atoms in total. The third kappa shape index (κ3) is 2.78. The fraction of sp³-hybridized carbons (Fsp3) is 0.909. The van der Waals surface area contributed by atoms with Crippen LogP contribution in [0.25, 0.3) is 0 Å². The van der Waals surface area contributed by atoms with E-state index in [0.717, 1.165) is 18.8 Å². The van der Waals surface area contributed by atoms with Gasteiger partial charge in [-0.05, 0) is 36.2 Å². The van der Waals surface area contributed by atoms with Crippen LogP contribution in [0, 0.1) is 5.92 Å². The number of hydrogen-bond acceptors (Lipinski definition) is 4. The highest BCUT2D eigenvalue weighted by molar-refractivity contribution is 4.92. The van der Waals surface area contributed by atoms with Crippen molar-refractivity contribution in [1.82, 2.24) is 25.5 Å². The fourth-order valence-corrected chi connectivity index (χ4v) is 2.05. The fourth-order valence-electron chi connectivity index (χ4n) is 2.05. The second kappa shape index (κ2) is 5.94. The summed E-state index contributed by atoms with van der Waals surface area (Å²) in [5.41, 5.74) is 0. The first-order valence-corrected chi connectivity index (χ1v) is 6.12. The summed E-state index contributed by atoms with van der Waals surface area (Å²) in [6.45, 7) is 11.7. The van der Waals surface area contributed by atoms with Crippen LogP contribution in [0.3, 0.4) is 0 Å². The third-order valence-electron chi connectivity index (χ3n) is 2.92. The molecule has 92 valence electrons. The number of nitrogens with zero attached hydrogens (tertiary/aromatic N) is 4. The number of rotatable bonds is 6. The van der Waals surface area contributed by atoms with Crippen molar-refractivity contribution >= 4 is 0 Å². The van der Waals surface area contributed by atoms with Gasteiger partial charge in [-0.25, -0.2) is 4.68 Å². The topological polar surface area (TPSA) is 55.6 Å². The van der Waals surface area contributed by atoms with Gasteiger partial charge in [0.1, 0.15) is 0 Å². The summed E-state index contributed by atoms with van der Waals surface area (Å²) in [7, 11) is 0. The van der Waals surface area contributed by atoms with Crippen LogP contribution >= 0.6 is 0 Å². The number of tetrazole rings is 1. The van der Waals surface area contributed by atoms with Crippen molar-refractivity contribution < 1.29 is 0 Å². The van der Waals surface area contributed by atoms with E-state index in [0.29, 0.717) is 12.0 Å². The molecule has 2 unspecified atom stereocenters. The molecule has 2 atom stereocenters. The van der Waals surface area contributed by atoms with Gasteiger partial charge in [0.05, 0.1) is 12.1 Å². The average molecular weight is 225 g/mol. The zero-order chi connectivity index (χ0) is 12.1. The molecule has 0 bridgehead atoms. The van der Waals surface area contributed by atoms with Gasteiger partial charge in [-0.2, -0.15) is 0 Å². The highest BCUT2D eigenvalue weighted by atomic mass is 15.6. The highest BCUT2D eigenvalue weighted by Gasteiger charge is 2.21. The lowest BCUT2D eigenvalue weighted by molar-refractivity contribution is 0.313. The Hall–Kier alpha value is -0.970. The molecule has 0 saturated heterocycles. The standard InChI is InChI=1S/C11H23N5/c1-6-10(8(3)4)16-11(13-14-15-16)9(5)12-7-2/h8-10,12H,6-7H2,1-5H3. The maximum absolute atomic E-state index is 4.13. The molecule has 1 rings (SSSR count). The van der Waals surface area contributed by atoms with Crippen LogP contribution in [-0.4, -0.2) is 26.8 Å². The summed E-state index contributed by atoms with van der Waals surface area (Å²) in [4.78, 5) is 0. The molecule has 0 aromatic carbocycles. The monoisotopic (exact) mass is 225 g/mol. The first-order valence-electron chi connectivity index (χ1n) is 6.12. The Balaban J connectivity index is 2.91. The lowest BCUT2D eigenvalue weighted by Gasteiger charge is -2.22. The van der Waals surface area contributed by atoms with Gasteiger partial charge in [0, 0.05) is 0 Å². The third-order valence-corrected chi connectivity index (χ3v) is 2.92. The van der Waals surface area contributed by atoms with E-state index in [1.54, 1.807) is 0 Å². The largest absolute Gasteiger partial charge is 0.308 e. The molecule has 1 aromatic rings. The van der Waals surface area contributed by atoms with Crippen LogP contribution in [-0.2, 0) is 0 Å². The molecule has 0 aliphatic carbocycles. The van der Waals surface area contributed by atoms with E-state index >= 15 is 0 Å². The van der Waals surface area contributed by atoms with Gasteiger partial charge in [-0.3, -0.25) is 0 Å². The molecular weight excluding hydrogens is 202 g/mol. The molecule has 0 fully saturated rings. The summed E-state index contributed by atoms with van der Waals surface area (Å²) in [5.74, 6) is 1.48. The van der Waals surface area contributed by atoms with E-state index in [1.807, 2.05) is 4.68 Å². The van der Waals surface area contributed by atoms with Crippen molar-refractivity contribution in [3.8, 4) is 0 Å². The minimum Gasteiger partial charge on any atom is -0.308 e. The summed E-state index contributed by atoms with van der Waals surface area (Å²) in [6.07, 6.45) is 1.05. The second-order valence-electron chi connectivity index (χ2n) is 4.48. The van der Waals surface area contributed by atoms with Gasteiger partial charge in [-0.15, -0.1) is 5.10 Å². The molecule has 0 spiro atoms. The van der Waals surface area contributed by atoms with Crippen LogP contribution in [0.4, 0.5) is 0 Å². The minimum absolute atomic E-state index is 0.202. The first kappa shape index (κ1) is 13.1. The Morgan fingerprint density at radius 3 is 2.44 bits per heavy atom. The SMILES string of the molecule is CCNC(C)c1nnnn1C(CC)C(C)C. The maximum Gasteiger partial charge on any atom is 0.168 e. The quantitative estimate of drug-likeness (QED) is 0.804. The predicted molar refractivity (Wildman–Crippen MR) is 64.1 cm³/mol. The minimum atomic E-state index is 0.202. The Bertz CT molecular complexity index is 307. The average Bonchev–Trinajstić information content (AvgIpc) is 2.67. The van der Waals surface area contributed by atoms with Crippen molar-refractivity contribution in [2.24, 2.45) is 5.92 Å². The van der Waals surface area contributed by atoms with Crippen LogP contribution in [0.1, 0.15) is 58.9 Å². The maximum atomic E-state index is 4.13. The summed E-state index contributed by atoms with van der Waals surface area (Å²) in [6, 6.07) is 0.582. The van der Waals surface area contributed by atoms with E-state index in [1.165, 1.54) is 0 Å². The van der Waals surface area contributed by atoms with E-state index in [2.05, 4.69) is 55.5 Å². The number of aromatic nitrogens is 4. The molecule has 1 aromatic heterocycles. The highest BCUT2D eigenvalue weighted by Crippen LogP contribution is 2.23. The van der Waals surface area contributed by atoms with Crippen LogP contribution in [0.2, 0.25) is 0 Å². The molecule has 1 heterocycles. The summed E-state index contributed by atoms with van der Waals surface area (Å²) in [5, 5.41) is 15.4. The van der Waals surface area contributed by atoms with E-state index in [-0.39, 0.29) is 6.04 Å². The van der Waals surface area contributed by atoms with E-state index < -0.39 is 0 Å². The Morgan fingerprint density at radius 2 is 1.94 bits per heavy atom. The van der Waals surface area contributed by atoms with E-state index in [4.69, 9.17) is 0 Å². The molecule has 0 aliphatic rings. The smallest absolute Gasteiger partial charge is 0.168 e. The molecule has 0 saturated carbocycles. The van der Waals surface area contributed by atoms with Gasteiger partial charge in [0.2, 0.25) is 0 Å². The van der Waals surface area contributed by atoms with Gasteiger partial charge >= 0.3 is 0 Å². The molecule has 0 aliphatic heterocycles. The van der Waals surface area contributed by atoms with Gasteiger partial charge < -0.3 is 5.32 Å². The summed E-state index contributed by atoms with van der Waals surface area (Å²) >= 11 is 0. The number of hydrogen-bond donors (Lipinski definition) is 1. The predicted octanol–water partition coefficient (Wildman–Crippen LogP) is 1.95. The zero-order valence-electron chi connectivity index (χ0n) is 10.9. The molecule has 5 heteroatoms. The van der Waals surface area contributed by atoms with E-state index in [9.17, 15) is 0 Å². The lowest BCUT2D eigenvalue weighted by atomic mass is 10.0. The molecule has 0 amide bonds. The van der Waals surface area contributed by atoms with Gasteiger partial charge in [-0.1, -0.05) is 27.7 Å². The molecular formula is C11H23N5. The van der Waals surface area contributed by atoms with Crippen molar-refractivity contribution in [2.45, 2.75) is 53.1 Å². The van der Waals surface area contributed by atoms with Crippen molar-refractivity contribution in [2.75, 3.05) is 6.54 Å². The van der Waals surface area contributed by atoms with Crippen molar-refractivity contribution in [1.29, 1.82) is 0 Å². The molecule has 16 heavy (non-hydrogen) atoms. The molecule has 0 radical (unpaired) electrons. The first-order chi connectivity index (χ1) is 7.61. The van der Waals surface area contributed by atoms with Crippen LogP contribution in [0.15, 0.2) is 0 Å². The normalized spacial score (nSPS) is 15.4. The Labute approximate surface area is 97.6 Å². The zero-order valence-corrected chi connectivity index (χ0v) is 10.9. The lowest BCUT2D eigenvalue weighted by Crippen LogP contribution is -2.25.